The van der Waals surface area contributed by atoms with Gasteiger partial charge in [0.25, 0.3) is 0 Å². The Hall–Kier alpha value is -0.900. The molecule has 94 valence electrons. The Balaban J connectivity index is 2.07. The van der Waals surface area contributed by atoms with Crippen LogP contribution in [-0.2, 0) is 4.74 Å². The van der Waals surface area contributed by atoms with Crippen LogP contribution in [-0.4, -0.2) is 42.4 Å². The molecule has 1 aromatic rings. The molecular formula is C14H21NO2. The summed E-state index contributed by atoms with van der Waals surface area (Å²) in [6.07, 6.45) is 0.137. The van der Waals surface area contributed by atoms with E-state index in [0.717, 1.165) is 19.7 Å². The number of hydrogen-bond acceptors (Lipinski definition) is 3. The molecule has 17 heavy (non-hydrogen) atoms. The van der Waals surface area contributed by atoms with Crippen molar-refractivity contribution in [3.63, 3.8) is 0 Å². The van der Waals surface area contributed by atoms with Crippen LogP contribution in [0, 0.1) is 6.92 Å². The molecular weight excluding hydrogens is 214 g/mol. The van der Waals surface area contributed by atoms with E-state index in [0.29, 0.717) is 0 Å². The molecule has 0 amide bonds. The fourth-order valence-electron chi connectivity index (χ4n) is 2.26. The molecule has 0 saturated carbocycles. The molecule has 1 fully saturated rings. The van der Waals surface area contributed by atoms with Gasteiger partial charge in [-0.1, -0.05) is 29.8 Å². The SMILES string of the molecule is Cc1cccc(C2CN(C(C)CO)CCO2)c1. The normalized spacial score (nSPS) is 23.6. The highest BCUT2D eigenvalue weighted by Gasteiger charge is 2.24. The van der Waals surface area contributed by atoms with E-state index in [1.807, 2.05) is 0 Å². The number of rotatable bonds is 3. The highest BCUT2D eigenvalue weighted by Crippen LogP contribution is 2.23. The van der Waals surface area contributed by atoms with Crippen molar-refractivity contribution in [1.29, 1.82) is 0 Å². The Morgan fingerprint density at radius 1 is 1.53 bits per heavy atom. The van der Waals surface area contributed by atoms with Crippen LogP contribution in [0.4, 0.5) is 0 Å². The monoisotopic (exact) mass is 235 g/mol. The first-order valence-electron chi connectivity index (χ1n) is 6.24. The molecule has 0 radical (unpaired) electrons. The van der Waals surface area contributed by atoms with E-state index in [-0.39, 0.29) is 18.8 Å². The quantitative estimate of drug-likeness (QED) is 0.866. The van der Waals surface area contributed by atoms with Gasteiger partial charge in [0.05, 0.1) is 19.3 Å². The van der Waals surface area contributed by atoms with Crippen LogP contribution in [0.1, 0.15) is 24.2 Å². The number of aliphatic hydroxyl groups excluding tert-OH is 1. The fraction of sp³-hybridized carbons (Fsp3) is 0.571. The fourth-order valence-corrected chi connectivity index (χ4v) is 2.26. The van der Waals surface area contributed by atoms with E-state index in [9.17, 15) is 5.11 Å². The molecule has 2 unspecified atom stereocenters. The Morgan fingerprint density at radius 3 is 3.06 bits per heavy atom. The van der Waals surface area contributed by atoms with E-state index >= 15 is 0 Å². The van der Waals surface area contributed by atoms with Crippen molar-refractivity contribution in [2.75, 3.05) is 26.3 Å². The van der Waals surface area contributed by atoms with Crippen LogP contribution < -0.4 is 0 Å². The van der Waals surface area contributed by atoms with Crippen molar-refractivity contribution < 1.29 is 9.84 Å². The topological polar surface area (TPSA) is 32.7 Å². The van der Waals surface area contributed by atoms with Crippen LogP contribution in [0.15, 0.2) is 24.3 Å². The zero-order valence-corrected chi connectivity index (χ0v) is 10.6. The van der Waals surface area contributed by atoms with E-state index in [1.165, 1.54) is 11.1 Å². The van der Waals surface area contributed by atoms with Crippen molar-refractivity contribution in [3.05, 3.63) is 35.4 Å². The summed E-state index contributed by atoms with van der Waals surface area (Å²) in [4.78, 5) is 2.29. The zero-order valence-electron chi connectivity index (χ0n) is 10.6. The summed E-state index contributed by atoms with van der Waals surface area (Å²) in [5.74, 6) is 0. The van der Waals surface area contributed by atoms with Gasteiger partial charge in [0.15, 0.2) is 0 Å². The van der Waals surface area contributed by atoms with Gasteiger partial charge in [-0.2, -0.15) is 0 Å². The summed E-state index contributed by atoms with van der Waals surface area (Å²) in [5.41, 5.74) is 2.50. The van der Waals surface area contributed by atoms with Gasteiger partial charge in [0.2, 0.25) is 0 Å². The third kappa shape index (κ3) is 3.06. The van der Waals surface area contributed by atoms with Crippen molar-refractivity contribution in [2.45, 2.75) is 26.0 Å². The molecule has 1 saturated heterocycles. The minimum atomic E-state index is 0.137. The smallest absolute Gasteiger partial charge is 0.0952 e. The lowest BCUT2D eigenvalue weighted by Gasteiger charge is -2.36. The first-order valence-corrected chi connectivity index (χ1v) is 6.24. The van der Waals surface area contributed by atoms with Crippen molar-refractivity contribution in [2.24, 2.45) is 0 Å². The molecule has 0 aromatic heterocycles. The number of nitrogens with zero attached hydrogens (tertiary/aromatic N) is 1. The molecule has 0 spiro atoms. The lowest BCUT2D eigenvalue weighted by molar-refractivity contribution is -0.0492. The third-order valence-electron chi connectivity index (χ3n) is 3.40. The molecule has 1 aliphatic rings. The van der Waals surface area contributed by atoms with Crippen LogP contribution >= 0.6 is 0 Å². The predicted octanol–water partition coefficient (Wildman–Crippen LogP) is 1.75. The number of aryl methyl sites for hydroxylation is 1. The van der Waals surface area contributed by atoms with Crippen LogP contribution in [0.5, 0.6) is 0 Å². The van der Waals surface area contributed by atoms with E-state index in [2.05, 4.69) is 43.0 Å². The molecule has 1 aromatic carbocycles. The average Bonchev–Trinajstić information content (AvgIpc) is 2.38. The van der Waals surface area contributed by atoms with Gasteiger partial charge in [0, 0.05) is 19.1 Å². The molecule has 2 rings (SSSR count). The first kappa shape index (κ1) is 12.6. The minimum absolute atomic E-state index is 0.137. The highest BCUT2D eigenvalue weighted by atomic mass is 16.5. The minimum Gasteiger partial charge on any atom is -0.395 e. The van der Waals surface area contributed by atoms with Crippen LogP contribution in [0.2, 0.25) is 0 Å². The summed E-state index contributed by atoms with van der Waals surface area (Å²) in [6.45, 7) is 6.87. The van der Waals surface area contributed by atoms with E-state index in [1.54, 1.807) is 0 Å². The van der Waals surface area contributed by atoms with E-state index in [4.69, 9.17) is 4.74 Å². The van der Waals surface area contributed by atoms with Gasteiger partial charge >= 0.3 is 0 Å². The molecule has 1 heterocycles. The molecule has 1 aliphatic heterocycles. The van der Waals surface area contributed by atoms with Gasteiger partial charge in [0.1, 0.15) is 0 Å². The van der Waals surface area contributed by atoms with Gasteiger partial charge < -0.3 is 9.84 Å². The Bertz CT molecular complexity index is 367. The van der Waals surface area contributed by atoms with Gasteiger partial charge in [-0.15, -0.1) is 0 Å². The first-order chi connectivity index (χ1) is 8.20. The summed E-state index contributed by atoms with van der Waals surface area (Å²) >= 11 is 0. The number of morpholine rings is 1. The Morgan fingerprint density at radius 2 is 2.35 bits per heavy atom. The van der Waals surface area contributed by atoms with Crippen LogP contribution in [0.25, 0.3) is 0 Å². The largest absolute Gasteiger partial charge is 0.395 e. The standard InChI is InChI=1S/C14H21NO2/c1-11-4-3-5-13(8-11)14-9-15(6-7-17-14)12(2)10-16/h3-5,8,12,14,16H,6-7,9-10H2,1-2H3. The second kappa shape index (κ2) is 5.63. The molecule has 0 bridgehead atoms. The lowest BCUT2D eigenvalue weighted by atomic mass is 10.0. The van der Waals surface area contributed by atoms with Crippen molar-refractivity contribution >= 4 is 0 Å². The van der Waals surface area contributed by atoms with Crippen LogP contribution in [0.3, 0.4) is 0 Å². The number of ether oxygens (including phenoxy) is 1. The van der Waals surface area contributed by atoms with Gasteiger partial charge in [-0.25, -0.2) is 0 Å². The number of benzene rings is 1. The summed E-state index contributed by atoms with van der Waals surface area (Å²) in [7, 11) is 0. The molecule has 1 N–H and O–H groups in total. The number of aliphatic hydroxyl groups is 1. The second-order valence-corrected chi connectivity index (χ2v) is 4.80. The second-order valence-electron chi connectivity index (χ2n) is 4.80. The highest BCUT2D eigenvalue weighted by molar-refractivity contribution is 5.24. The maximum Gasteiger partial charge on any atom is 0.0952 e. The number of hydrogen-bond donors (Lipinski definition) is 1. The summed E-state index contributed by atoms with van der Waals surface area (Å²) < 4.78 is 5.82. The Kier molecular flexibility index (Phi) is 4.15. The molecule has 0 aliphatic carbocycles. The zero-order chi connectivity index (χ0) is 12.3. The van der Waals surface area contributed by atoms with Crippen molar-refractivity contribution in [3.8, 4) is 0 Å². The predicted molar refractivity (Wildman–Crippen MR) is 68.0 cm³/mol. The van der Waals surface area contributed by atoms with E-state index < -0.39 is 0 Å². The van der Waals surface area contributed by atoms with Crippen molar-refractivity contribution in [1.82, 2.24) is 4.90 Å². The Labute approximate surface area is 103 Å². The van der Waals surface area contributed by atoms with Gasteiger partial charge in [-0.3, -0.25) is 4.90 Å². The average molecular weight is 235 g/mol. The van der Waals surface area contributed by atoms with Gasteiger partial charge in [-0.05, 0) is 19.4 Å². The molecule has 3 nitrogen and oxygen atoms in total. The molecule has 3 heteroatoms. The maximum atomic E-state index is 9.21. The molecule has 2 atom stereocenters. The summed E-state index contributed by atoms with van der Waals surface area (Å²) in [5, 5.41) is 9.21. The summed E-state index contributed by atoms with van der Waals surface area (Å²) in [6, 6.07) is 8.68. The lowest BCUT2D eigenvalue weighted by Crippen LogP contribution is -2.44. The third-order valence-corrected chi connectivity index (χ3v) is 3.40. The maximum absolute atomic E-state index is 9.21.